The average Bonchev–Trinajstić information content (AvgIpc) is 3.82. The third kappa shape index (κ3) is 8.82. The quantitative estimate of drug-likeness (QED) is 0.0710. The van der Waals surface area contributed by atoms with Gasteiger partial charge < -0.3 is 4.98 Å². The van der Waals surface area contributed by atoms with Gasteiger partial charge >= 0.3 is 233 Å². The van der Waals surface area contributed by atoms with E-state index in [4.69, 9.17) is 19.4 Å². The van der Waals surface area contributed by atoms with Gasteiger partial charge in [0.05, 0.1) is 5.69 Å². The van der Waals surface area contributed by atoms with E-state index in [2.05, 4.69) is 120 Å². The maximum absolute atomic E-state index is 6.42. The van der Waals surface area contributed by atoms with Crippen molar-refractivity contribution in [2.45, 2.75) is 26.2 Å². The Hall–Kier alpha value is -3.67. The smallest absolute Gasteiger partial charge is 0.0339 e. The Morgan fingerprint density at radius 3 is 2.19 bits per heavy atom. The van der Waals surface area contributed by atoms with E-state index in [0.717, 1.165) is 110 Å². The van der Waals surface area contributed by atoms with Crippen molar-refractivity contribution >= 4 is 34.2 Å². The van der Waals surface area contributed by atoms with Gasteiger partial charge in [-0.25, -0.2) is 4.98 Å². The normalized spacial score (nSPS) is 13.3. The zero-order chi connectivity index (χ0) is 33.2. The Morgan fingerprint density at radius 2 is 1.47 bits per heavy atom. The fourth-order valence-electron chi connectivity index (χ4n) is 5.85. The van der Waals surface area contributed by atoms with E-state index >= 15 is 0 Å². The van der Waals surface area contributed by atoms with Crippen LogP contribution in [-0.4, -0.2) is 93.6 Å². The summed E-state index contributed by atoms with van der Waals surface area (Å²) in [5, 5.41) is 0. The molecule has 0 saturated heterocycles. The molecule has 2 N–H and O–H groups in total. The van der Waals surface area contributed by atoms with E-state index in [9.17, 15) is 0 Å². The minimum Gasteiger partial charge on any atom is -0.0342 e. The Bertz CT molecular complexity index is 1900. The Labute approximate surface area is 289 Å². The molecule has 0 amide bonds. The minimum atomic E-state index is -0.0219. The van der Waals surface area contributed by atoms with Crippen LogP contribution in [0.1, 0.15) is 34.8 Å². The van der Waals surface area contributed by atoms with Gasteiger partial charge in [-0.05, 0) is 36.8 Å². The van der Waals surface area contributed by atoms with Crippen LogP contribution in [0.4, 0.5) is 0 Å². The molecule has 4 aromatic rings. The number of fused-ring (bicyclic) bond motifs is 8. The van der Waals surface area contributed by atoms with Crippen LogP contribution < -0.4 is 31.0 Å². The van der Waals surface area contributed by atoms with Gasteiger partial charge in [0, 0.05) is 5.52 Å². The van der Waals surface area contributed by atoms with E-state index in [0.29, 0.717) is 13.2 Å². The number of hydrogen-bond acceptors (Lipinski definition) is 4. The van der Waals surface area contributed by atoms with Crippen molar-refractivity contribution < 1.29 is 38.1 Å². The molecule has 0 unspecified atom stereocenters. The second-order valence-electron chi connectivity index (χ2n) is 14.2. The molecule has 9 heteroatoms. The molecule has 47 heavy (non-hydrogen) atoms. The van der Waals surface area contributed by atoms with Crippen LogP contribution in [0.25, 0.3) is 45.3 Å². The number of H-pyrrole nitrogens is 2. The number of ether oxygens (including phenoxy) is 2. The number of benzene rings is 1. The number of alkyl halides is 1. The number of aromatic amines is 2. The number of aryl methyl sites for hydroxylation is 3. The first-order chi connectivity index (χ1) is 22.4. The summed E-state index contributed by atoms with van der Waals surface area (Å²) in [7, 11) is 13.4. The summed E-state index contributed by atoms with van der Waals surface area (Å²) in [5.74, 6) is 1.66. The molecule has 2 aliphatic heterocycles. The van der Waals surface area contributed by atoms with Crippen molar-refractivity contribution in [1.29, 1.82) is 0 Å². The van der Waals surface area contributed by atoms with Crippen molar-refractivity contribution in [3.05, 3.63) is 82.9 Å². The van der Waals surface area contributed by atoms with Crippen molar-refractivity contribution in [3.8, 4) is 22.6 Å². The molecule has 0 saturated carbocycles. The Balaban J connectivity index is 1.47. The monoisotopic (exact) mass is 747 g/mol. The number of nitrogens with one attached hydrogen (secondary N) is 2. The topological polar surface area (TPSA) is 75.8 Å². The van der Waals surface area contributed by atoms with Gasteiger partial charge in [-0.1, -0.05) is 0 Å². The first-order valence-corrected chi connectivity index (χ1v) is 18.9. The Morgan fingerprint density at radius 1 is 0.766 bits per heavy atom. The predicted molar refractivity (Wildman–Crippen MR) is 189 cm³/mol. The number of nitrogens with zero attached hydrogens (tertiary/aromatic N) is 4. The molecular weight excluding hydrogens is 699 g/mol. The standard InChI is InChI=1S/C38H48IN6O2/c1-26-34-13-9-28(40-34)23-30-11-15-36(42-30)38(37-16-12-31(43-37)24-29-10-14-35(26)41-29)27-21-32(46-19-8-18-44(2,3)4)25-33(22-27)47-20-17-39-45(5,6)7/h9-11,13-15,21-25,40,42H,8,12,16-20H2,1-7H3/q+1. The van der Waals surface area contributed by atoms with Gasteiger partial charge in [-0.3, -0.25) is 0 Å². The van der Waals surface area contributed by atoms with E-state index in [1.54, 1.807) is 0 Å². The van der Waals surface area contributed by atoms with Gasteiger partial charge in [-0.2, -0.15) is 0 Å². The predicted octanol–water partition coefficient (Wildman–Crippen LogP) is 3.81. The Kier molecular flexibility index (Phi) is 9.77. The molecule has 0 atom stereocenters. The maximum Gasteiger partial charge on any atom is -0.0339 e. The van der Waals surface area contributed by atoms with Crippen LogP contribution >= 0.6 is 0 Å². The second kappa shape index (κ2) is 13.8. The molecule has 3 aromatic heterocycles. The number of halogens is 1. The zero-order valence-corrected chi connectivity index (χ0v) is 30.9. The molecule has 0 radical (unpaired) electrons. The summed E-state index contributed by atoms with van der Waals surface area (Å²) < 4.78 is 15.8. The van der Waals surface area contributed by atoms with Crippen LogP contribution in [-0.2, 0) is 12.8 Å². The second-order valence-corrected chi connectivity index (χ2v) is 18.8. The molecule has 6 rings (SSSR count). The minimum absolute atomic E-state index is 0.0219. The molecule has 5 heterocycles. The summed E-state index contributed by atoms with van der Waals surface area (Å²) in [6.07, 6.45) is 6.85. The summed E-state index contributed by atoms with van der Waals surface area (Å²) >= 11 is -0.0219. The molecule has 248 valence electrons. The summed E-state index contributed by atoms with van der Waals surface area (Å²) in [4.78, 5) is 17.4. The van der Waals surface area contributed by atoms with Gasteiger partial charge in [0.25, 0.3) is 0 Å². The zero-order valence-electron chi connectivity index (χ0n) is 28.8. The van der Waals surface area contributed by atoms with E-state index in [-0.39, 0.29) is 21.5 Å². The van der Waals surface area contributed by atoms with E-state index < -0.39 is 0 Å². The van der Waals surface area contributed by atoms with Crippen LogP contribution in [0.15, 0.2) is 54.6 Å². The van der Waals surface area contributed by atoms with Gasteiger partial charge in [0.1, 0.15) is 0 Å². The maximum atomic E-state index is 6.42. The molecule has 2 aliphatic rings. The summed E-state index contributed by atoms with van der Waals surface area (Å²) in [6.45, 7) is 4.51. The van der Waals surface area contributed by atoms with E-state index in [1.165, 1.54) is 0 Å². The fourth-order valence-corrected chi connectivity index (χ4v) is 7.72. The number of rotatable bonds is 11. The number of hydrogen-bond donors (Lipinski definition) is 2. The molecule has 0 spiro atoms. The summed E-state index contributed by atoms with van der Waals surface area (Å²) in [6, 6.07) is 19.2. The van der Waals surface area contributed by atoms with Gasteiger partial charge in [0.15, 0.2) is 0 Å². The molecule has 0 aliphatic carbocycles. The first kappa shape index (κ1) is 33.2. The number of aromatic nitrogens is 4. The fraction of sp³-hybridized carbons (Fsp3) is 0.368. The third-order valence-electron chi connectivity index (χ3n) is 8.15. The molecule has 8 nitrogen and oxygen atoms in total. The SMILES string of the molecule is Cc1c2nc(cc3nc(c(-c4cc(OCCC[N+](C)(C)C)cc(OCC[I-][N+](C)(C)C)c4)c4ccc(cc5ccc1[nH]5)[nH]4)CC3)C=C2. The molecule has 1 aromatic carbocycles. The third-order valence-corrected chi connectivity index (χ3v) is 11.1. The largest absolute Gasteiger partial charge is 0.0342 e. The number of quaternary nitrogens is 2. The van der Waals surface area contributed by atoms with Gasteiger partial charge in [-0.15, -0.1) is 0 Å². The average molecular weight is 748 g/mol. The van der Waals surface area contributed by atoms with Crippen LogP contribution in [0.2, 0.25) is 0 Å². The van der Waals surface area contributed by atoms with Crippen molar-refractivity contribution in [2.75, 3.05) is 66.5 Å². The first-order valence-electron chi connectivity index (χ1n) is 16.4. The molecular formula is C38H48IN6O2+. The van der Waals surface area contributed by atoms with Crippen LogP contribution in [0.3, 0.4) is 0 Å². The van der Waals surface area contributed by atoms with Gasteiger partial charge in [0.2, 0.25) is 0 Å². The van der Waals surface area contributed by atoms with E-state index in [1.807, 2.05) is 6.07 Å². The van der Waals surface area contributed by atoms with Crippen molar-refractivity contribution in [2.24, 2.45) is 0 Å². The molecule has 0 fully saturated rings. The van der Waals surface area contributed by atoms with Crippen molar-refractivity contribution in [1.82, 2.24) is 19.9 Å². The summed E-state index contributed by atoms with van der Waals surface area (Å²) in [5.41, 5.74) is 11.4. The van der Waals surface area contributed by atoms with Crippen LogP contribution in [0.5, 0.6) is 11.5 Å². The van der Waals surface area contributed by atoms with Crippen LogP contribution in [0, 0.1) is 6.92 Å². The van der Waals surface area contributed by atoms with Crippen molar-refractivity contribution in [3.63, 3.8) is 0 Å². The molecule has 8 bridgehead atoms.